The van der Waals surface area contributed by atoms with Crippen LogP contribution in [-0.4, -0.2) is 23.0 Å². The van der Waals surface area contributed by atoms with Gasteiger partial charge in [-0.2, -0.15) is 0 Å². The molecule has 110 valence electrons. The zero-order valence-corrected chi connectivity index (χ0v) is 11.4. The Balaban J connectivity index is 1.67. The number of nitrogens with one attached hydrogen (secondary N) is 1. The van der Waals surface area contributed by atoms with Gasteiger partial charge in [0.1, 0.15) is 5.82 Å². The maximum Gasteiger partial charge on any atom is 0.310 e. The second-order valence-corrected chi connectivity index (χ2v) is 5.73. The van der Waals surface area contributed by atoms with Gasteiger partial charge in [0.25, 0.3) is 0 Å². The first-order valence-corrected chi connectivity index (χ1v) is 6.99. The van der Waals surface area contributed by atoms with Crippen molar-refractivity contribution < 1.29 is 19.1 Å². The molecular formula is C16H16FNO3. The second-order valence-electron chi connectivity index (χ2n) is 5.73. The van der Waals surface area contributed by atoms with Gasteiger partial charge in [0.2, 0.25) is 5.91 Å². The number of rotatable bonds is 4. The molecular weight excluding hydrogens is 273 g/mol. The molecule has 0 aliphatic heterocycles. The first-order chi connectivity index (χ1) is 10.0. The quantitative estimate of drug-likeness (QED) is 0.833. The number of halogens is 1. The van der Waals surface area contributed by atoms with E-state index in [0.29, 0.717) is 6.42 Å². The summed E-state index contributed by atoms with van der Waals surface area (Å²) < 4.78 is 13.0. The predicted molar refractivity (Wildman–Crippen MR) is 74.1 cm³/mol. The predicted octanol–water partition coefficient (Wildman–Crippen LogP) is 2.00. The molecule has 1 amide bonds. The van der Waals surface area contributed by atoms with Crippen LogP contribution in [0, 0.1) is 11.7 Å². The van der Waals surface area contributed by atoms with Gasteiger partial charge >= 0.3 is 5.97 Å². The summed E-state index contributed by atoms with van der Waals surface area (Å²) in [5, 5.41) is 11.8. The lowest BCUT2D eigenvalue weighted by Crippen LogP contribution is -2.40. The minimum absolute atomic E-state index is 0.102. The van der Waals surface area contributed by atoms with E-state index < -0.39 is 17.3 Å². The molecule has 2 aliphatic rings. The van der Waals surface area contributed by atoms with E-state index in [0.717, 1.165) is 18.4 Å². The highest BCUT2D eigenvalue weighted by molar-refractivity contribution is 5.91. The summed E-state index contributed by atoms with van der Waals surface area (Å²) in [7, 11) is 0. The summed E-state index contributed by atoms with van der Waals surface area (Å²) in [6, 6.07) is 5.77. The van der Waals surface area contributed by atoms with Crippen molar-refractivity contribution in [2.24, 2.45) is 5.92 Å². The maximum absolute atomic E-state index is 13.0. The van der Waals surface area contributed by atoms with E-state index in [9.17, 15) is 14.0 Å². The zero-order valence-electron chi connectivity index (χ0n) is 11.4. The van der Waals surface area contributed by atoms with Crippen LogP contribution in [0.2, 0.25) is 0 Å². The Labute approximate surface area is 121 Å². The van der Waals surface area contributed by atoms with E-state index >= 15 is 0 Å². The van der Waals surface area contributed by atoms with E-state index in [4.69, 9.17) is 5.11 Å². The maximum atomic E-state index is 13.0. The van der Waals surface area contributed by atoms with Crippen LogP contribution in [0.4, 0.5) is 4.39 Å². The molecule has 0 heterocycles. The number of carbonyl (C=O) groups is 2. The van der Waals surface area contributed by atoms with E-state index in [-0.39, 0.29) is 17.8 Å². The largest absolute Gasteiger partial charge is 0.481 e. The van der Waals surface area contributed by atoms with Crippen LogP contribution < -0.4 is 5.32 Å². The Kier molecular flexibility index (Phi) is 3.27. The van der Waals surface area contributed by atoms with Crippen LogP contribution in [0.1, 0.15) is 24.8 Å². The molecule has 5 heteroatoms. The van der Waals surface area contributed by atoms with Gasteiger partial charge in [-0.05, 0) is 37.0 Å². The monoisotopic (exact) mass is 289 g/mol. The van der Waals surface area contributed by atoms with Gasteiger partial charge in [-0.15, -0.1) is 0 Å². The van der Waals surface area contributed by atoms with Gasteiger partial charge in [-0.1, -0.05) is 24.3 Å². The number of carboxylic acid groups (broad SMARTS) is 1. The minimum Gasteiger partial charge on any atom is -0.481 e. The molecule has 2 N–H and O–H groups in total. The SMILES string of the molecule is O=C(O)C1C=CC(NC(=O)C2(c3ccc(F)cc3)CC2)C1. The first-order valence-electron chi connectivity index (χ1n) is 6.99. The second kappa shape index (κ2) is 4.98. The van der Waals surface area contributed by atoms with Crippen molar-refractivity contribution >= 4 is 11.9 Å². The number of hydrogen-bond acceptors (Lipinski definition) is 2. The fourth-order valence-corrected chi connectivity index (χ4v) is 2.84. The molecule has 0 saturated heterocycles. The van der Waals surface area contributed by atoms with Crippen molar-refractivity contribution in [1.29, 1.82) is 0 Å². The number of hydrogen-bond donors (Lipinski definition) is 2. The van der Waals surface area contributed by atoms with E-state index in [1.165, 1.54) is 12.1 Å². The highest BCUT2D eigenvalue weighted by Gasteiger charge is 2.51. The molecule has 21 heavy (non-hydrogen) atoms. The standard InChI is InChI=1S/C16H16FNO3/c17-12-4-2-11(3-5-12)16(7-8-16)15(21)18-13-6-1-10(9-13)14(19)20/h1-6,10,13H,7-9H2,(H,18,21)(H,19,20). The average Bonchev–Trinajstić information content (AvgIpc) is 3.13. The molecule has 0 bridgehead atoms. The molecule has 1 saturated carbocycles. The minimum atomic E-state index is -0.873. The van der Waals surface area contributed by atoms with Gasteiger partial charge < -0.3 is 10.4 Å². The summed E-state index contributed by atoms with van der Waals surface area (Å²) in [5.74, 6) is -1.83. The molecule has 4 nitrogen and oxygen atoms in total. The molecule has 1 aromatic rings. The van der Waals surface area contributed by atoms with Crippen LogP contribution in [-0.2, 0) is 15.0 Å². The molecule has 3 rings (SSSR count). The number of benzene rings is 1. The van der Waals surface area contributed by atoms with E-state index in [2.05, 4.69) is 5.32 Å². The Morgan fingerprint density at radius 3 is 2.38 bits per heavy atom. The van der Waals surface area contributed by atoms with Crippen LogP contribution >= 0.6 is 0 Å². The summed E-state index contributed by atoms with van der Waals surface area (Å²) in [6.07, 6.45) is 5.22. The number of amides is 1. The summed E-state index contributed by atoms with van der Waals surface area (Å²) in [4.78, 5) is 23.4. The van der Waals surface area contributed by atoms with Gasteiger partial charge in [-0.25, -0.2) is 4.39 Å². The molecule has 2 atom stereocenters. The normalized spacial score (nSPS) is 25.6. The van der Waals surface area contributed by atoms with Gasteiger partial charge in [-0.3, -0.25) is 9.59 Å². The Morgan fingerprint density at radius 1 is 1.19 bits per heavy atom. The fourth-order valence-electron chi connectivity index (χ4n) is 2.84. The number of aliphatic carboxylic acids is 1. The Bertz CT molecular complexity index is 604. The van der Waals surface area contributed by atoms with Crippen LogP contribution in [0.15, 0.2) is 36.4 Å². The van der Waals surface area contributed by atoms with E-state index in [1.807, 2.05) is 0 Å². The average molecular weight is 289 g/mol. The molecule has 1 aromatic carbocycles. The topological polar surface area (TPSA) is 66.4 Å². The summed E-state index contributed by atoms with van der Waals surface area (Å²) in [6.45, 7) is 0. The lowest BCUT2D eigenvalue weighted by atomic mass is 9.94. The molecule has 0 aromatic heterocycles. The molecule has 2 unspecified atom stereocenters. The van der Waals surface area contributed by atoms with Crippen molar-refractivity contribution in [1.82, 2.24) is 5.32 Å². The summed E-state index contributed by atoms with van der Waals surface area (Å²) >= 11 is 0. The molecule has 0 radical (unpaired) electrons. The Morgan fingerprint density at radius 2 is 1.86 bits per heavy atom. The van der Waals surface area contributed by atoms with Crippen molar-refractivity contribution in [3.63, 3.8) is 0 Å². The fraction of sp³-hybridized carbons (Fsp3) is 0.375. The first kappa shape index (κ1) is 13.8. The molecule has 2 aliphatic carbocycles. The molecule has 0 spiro atoms. The highest BCUT2D eigenvalue weighted by Crippen LogP contribution is 2.48. The van der Waals surface area contributed by atoms with E-state index in [1.54, 1.807) is 24.3 Å². The lowest BCUT2D eigenvalue weighted by molar-refractivity contribution is -0.140. The van der Waals surface area contributed by atoms with Gasteiger partial charge in [0.05, 0.1) is 11.3 Å². The smallest absolute Gasteiger partial charge is 0.310 e. The zero-order chi connectivity index (χ0) is 15.0. The van der Waals surface area contributed by atoms with Gasteiger partial charge in [0, 0.05) is 6.04 Å². The van der Waals surface area contributed by atoms with Gasteiger partial charge in [0.15, 0.2) is 0 Å². The van der Waals surface area contributed by atoms with Crippen molar-refractivity contribution in [2.45, 2.75) is 30.7 Å². The third-order valence-electron chi connectivity index (χ3n) is 4.30. The van der Waals surface area contributed by atoms with Crippen molar-refractivity contribution in [3.05, 3.63) is 47.8 Å². The third kappa shape index (κ3) is 2.55. The Hall–Kier alpha value is -2.17. The van der Waals surface area contributed by atoms with Crippen LogP contribution in [0.5, 0.6) is 0 Å². The van der Waals surface area contributed by atoms with Crippen molar-refractivity contribution in [3.8, 4) is 0 Å². The lowest BCUT2D eigenvalue weighted by Gasteiger charge is -2.19. The number of carbonyl (C=O) groups excluding carboxylic acids is 1. The highest BCUT2D eigenvalue weighted by atomic mass is 19.1. The number of carboxylic acids is 1. The third-order valence-corrected chi connectivity index (χ3v) is 4.30. The van der Waals surface area contributed by atoms with Crippen molar-refractivity contribution in [2.75, 3.05) is 0 Å². The van der Waals surface area contributed by atoms with Crippen LogP contribution in [0.3, 0.4) is 0 Å². The van der Waals surface area contributed by atoms with Crippen LogP contribution in [0.25, 0.3) is 0 Å². The molecule has 1 fully saturated rings. The summed E-state index contributed by atoms with van der Waals surface area (Å²) in [5.41, 5.74) is 0.251.